The maximum absolute atomic E-state index is 13.2. The van der Waals surface area contributed by atoms with Crippen molar-refractivity contribution in [1.29, 1.82) is 0 Å². The molecule has 4 rings (SSSR count). The quantitative estimate of drug-likeness (QED) is 0.844. The molecule has 0 N–H and O–H groups in total. The van der Waals surface area contributed by atoms with E-state index in [-0.39, 0.29) is 11.3 Å². The van der Waals surface area contributed by atoms with Crippen LogP contribution >= 0.6 is 0 Å². The summed E-state index contributed by atoms with van der Waals surface area (Å²) in [7, 11) is 4.15. The van der Waals surface area contributed by atoms with Crippen molar-refractivity contribution in [2.75, 3.05) is 20.6 Å². The van der Waals surface area contributed by atoms with E-state index in [0.29, 0.717) is 6.04 Å². The Balaban J connectivity index is 1.47. The molecule has 3 heteroatoms. The van der Waals surface area contributed by atoms with Gasteiger partial charge in [0.25, 0.3) is 0 Å². The molecule has 1 atom stereocenters. The third-order valence-corrected chi connectivity index (χ3v) is 6.21. The average Bonchev–Trinajstić information content (AvgIpc) is 3.44. The van der Waals surface area contributed by atoms with Crippen LogP contribution in [0, 0.1) is 6.92 Å². The molecular weight excluding hydrogens is 320 g/mol. The summed E-state index contributed by atoms with van der Waals surface area (Å²) < 4.78 is 0. The van der Waals surface area contributed by atoms with Gasteiger partial charge in [0.1, 0.15) is 0 Å². The lowest BCUT2D eigenvalue weighted by atomic mass is 9.92. The number of fused-ring (bicyclic) bond motifs is 1. The molecule has 0 spiro atoms. The van der Waals surface area contributed by atoms with Crippen LogP contribution in [-0.4, -0.2) is 42.4 Å². The van der Waals surface area contributed by atoms with E-state index in [0.717, 1.165) is 32.4 Å². The summed E-state index contributed by atoms with van der Waals surface area (Å²) in [4.78, 5) is 17.6. The smallest absolute Gasteiger partial charge is 0.233 e. The summed E-state index contributed by atoms with van der Waals surface area (Å²) >= 11 is 0. The summed E-state index contributed by atoms with van der Waals surface area (Å²) in [5.41, 5.74) is 5.00. The fourth-order valence-electron chi connectivity index (χ4n) is 4.31. The largest absolute Gasteiger partial charge is 0.343 e. The van der Waals surface area contributed by atoms with E-state index >= 15 is 0 Å². The van der Waals surface area contributed by atoms with E-state index in [1.807, 2.05) is 11.9 Å². The molecule has 0 saturated heterocycles. The zero-order valence-corrected chi connectivity index (χ0v) is 16.0. The number of amides is 1. The summed E-state index contributed by atoms with van der Waals surface area (Å²) in [6.45, 7) is 3.84. The number of likely N-dealkylation sites (N-methyl/N-ethyl adjacent to an activating group) is 2. The minimum Gasteiger partial charge on any atom is -0.343 e. The molecule has 2 aromatic rings. The molecule has 1 aliphatic carbocycles. The molecule has 0 bridgehead atoms. The van der Waals surface area contributed by atoms with Gasteiger partial charge in [-0.15, -0.1) is 0 Å². The Morgan fingerprint density at radius 2 is 1.77 bits per heavy atom. The molecule has 1 saturated carbocycles. The Bertz CT molecular complexity index is 807. The van der Waals surface area contributed by atoms with E-state index < -0.39 is 0 Å². The molecule has 0 aromatic heterocycles. The van der Waals surface area contributed by atoms with Crippen molar-refractivity contribution >= 4 is 5.91 Å². The lowest BCUT2D eigenvalue weighted by Crippen LogP contribution is -2.48. The van der Waals surface area contributed by atoms with Gasteiger partial charge in [-0.3, -0.25) is 9.69 Å². The van der Waals surface area contributed by atoms with Gasteiger partial charge in [0.2, 0.25) is 5.91 Å². The highest BCUT2D eigenvalue weighted by Crippen LogP contribution is 2.49. The molecular formula is C23H28N2O. The van der Waals surface area contributed by atoms with Crippen LogP contribution in [0.15, 0.2) is 48.5 Å². The number of aryl methyl sites for hydroxylation is 1. The van der Waals surface area contributed by atoms with E-state index in [2.05, 4.69) is 67.4 Å². The molecule has 1 fully saturated rings. The number of hydrogen-bond donors (Lipinski definition) is 0. The van der Waals surface area contributed by atoms with Gasteiger partial charge < -0.3 is 4.90 Å². The van der Waals surface area contributed by atoms with Crippen molar-refractivity contribution in [2.45, 2.75) is 44.2 Å². The van der Waals surface area contributed by atoms with E-state index in [1.165, 1.54) is 22.3 Å². The normalized spacial score (nSPS) is 21.1. The topological polar surface area (TPSA) is 23.6 Å². The van der Waals surface area contributed by atoms with Crippen LogP contribution in [0.1, 0.15) is 35.1 Å². The van der Waals surface area contributed by atoms with E-state index in [9.17, 15) is 4.79 Å². The van der Waals surface area contributed by atoms with Crippen LogP contribution in [0.4, 0.5) is 0 Å². The van der Waals surface area contributed by atoms with Gasteiger partial charge in [-0.05, 0) is 49.9 Å². The third kappa shape index (κ3) is 3.05. The van der Waals surface area contributed by atoms with Crippen molar-refractivity contribution in [1.82, 2.24) is 9.80 Å². The summed E-state index contributed by atoms with van der Waals surface area (Å²) in [5.74, 6) is 0.286. The van der Waals surface area contributed by atoms with Crippen LogP contribution in [-0.2, 0) is 23.2 Å². The SMILES string of the molecule is Cc1ccc(C2(C(=O)N(C)C[C@@H]3Cc4ccccc4CN3C)CC2)cc1. The van der Waals surface area contributed by atoms with E-state index in [1.54, 1.807) is 0 Å². The Kier molecular flexibility index (Phi) is 4.36. The van der Waals surface area contributed by atoms with E-state index in [4.69, 9.17) is 0 Å². The van der Waals surface area contributed by atoms with Crippen LogP contribution in [0.5, 0.6) is 0 Å². The second kappa shape index (κ2) is 6.55. The zero-order chi connectivity index (χ0) is 18.3. The lowest BCUT2D eigenvalue weighted by molar-refractivity contribution is -0.133. The Labute approximate surface area is 156 Å². The van der Waals surface area contributed by atoms with Gasteiger partial charge in [0.05, 0.1) is 5.41 Å². The molecule has 26 heavy (non-hydrogen) atoms. The first-order valence-electron chi connectivity index (χ1n) is 9.59. The maximum Gasteiger partial charge on any atom is 0.233 e. The minimum atomic E-state index is -0.270. The highest BCUT2D eigenvalue weighted by Gasteiger charge is 2.52. The number of carbonyl (C=O) groups is 1. The van der Waals surface area contributed by atoms with Gasteiger partial charge in [-0.2, -0.15) is 0 Å². The third-order valence-electron chi connectivity index (χ3n) is 6.21. The van der Waals surface area contributed by atoms with Crippen molar-refractivity contribution in [2.24, 2.45) is 0 Å². The molecule has 1 amide bonds. The average molecular weight is 348 g/mol. The standard InChI is InChI=1S/C23H28N2O/c1-17-8-10-20(11-9-17)23(12-13-23)22(26)25(3)16-21-14-18-6-4-5-7-19(18)15-24(21)2/h4-11,21H,12-16H2,1-3H3/t21-/m0/s1. The van der Waals surface area contributed by atoms with Gasteiger partial charge in [0.15, 0.2) is 0 Å². The fraction of sp³-hybridized carbons (Fsp3) is 0.435. The molecule has 136 valence electrons. The van der Waals surface area contributed by atoms with Crippen LogP contribution in [0.25, 0.3) is 0 Å². The number of nitrogens with zero attached hydrogens (tertiary/aromatic N) is 2. The maximum atomic E-state index is 13.2. The first-order chi connectivity index (χ1) is 12.5. The summed E-state index contributed by atoms with van der Waals surface area (Å²) in [6, 6.07) is 17.6. The molecule has 1 heterocycles. The molecule has 2 aromatic carbocycles. The van der Waals surface area contributed by atoms with Gasteiger partial charge in [0, 0.05) is 26.2 Å². The second-order valence-corrected chi connectivity index (χ2v) is 8.18. The van der Waals surface area contributed by atoms with Gasteiger partial charge in [-0.25, -0.2) is 0 Å². The number of hydrogen-bond acceptors (Lipinski definition) is 2. The zero-order valence-electron chi connectivity index (χ0n) is 16.0. The van der Waals surface area contributed by atoms with Gasteiger partial charge in [-0.1, -0.05) is 54.1 Å². The molecule has 1 aliphatic heterocycles. The van der Waals surface area contributed by atoms with Crippen LogP contribution in [0.3, 0.4) is 0 Å². The first kappa shape index (κ1) is 17.3. The van der Waals surface area contributed by atoms with Crippen LogP contribution in [0.2, 0.25) is 0 Å². The first-order valence-corrected chi connectivity index (χ1v) is 9.59. The lowest BCUT2D eigenvalue weighted by Gasteiger charge is -2.37. The summed E-state index contributed by atoms with van der Waals surface area (Å²) in [5, 5.41) is 0. The molecule has 0 unspecified atom stereocenters. The predicted octanol–water partition coefficient (Wildman–Crippen LogP) is 3.54. The molecule has 2 aliphatic rings. The number of rotatable bonds is 4. The second-order valence-electron chi connectivity index (χ2n) is 8.18. The number of benzene rings is 2. The van der Waals surface area contributed by atoms with Crippen molar-refractivity contribution in [3.05, 3.63) is 70.8 Å². The highest BCUT2D eigenvalue weighted by molar-refractivity contribution is 5.91. The predicted molar refractivity (Wildman–Crippen MR) is 105 cm³/mol. The Morgan fingerprint density at radius 3 is 2.42 bits per heavy atom. The Hall–Kier alpha value is -2.13. The van der Waals surface area contributed by atoms with Gasteiger partial charge >= 0.3 is 0 Å². The van der Waals surface area contributed by atoms with Crippen molar-refractivity contribution in [3.8, 4) is 0 Å². The Morgan fingerprint density at radius 1 is 1.12 bits per heavy atom. The van der Waals surface area contributed by atoms with Crippen LogP contribution < -0.4 is 0 Å². The summed E-state index contributed by atoms with van der Waals surface area (Å²) in [6.07, 6.45) is 2.97. The monoisotopic (exact) mass is 348 g/mol. The molecule has 3 nitrogen and oxygen atoms in total. The highest BCUT2D eigenvalue weighted by atomic mass is 16.2. The van der Waals surface area contributed by atoms with Crippen molar-refractivity contribution < 1.29 is 4.79 Å². The fourth-order valence-corrected chi connectivity index (χ4v) is 4.31. The number of carbonyl (C=O) groups excluding carboxylic acids is 1. The minimum absolute atomic E-state index is 0.270. The molecule has 0 radical (unpaired) electrons. The van der Waals surface area contributed by atoms with Crippen molar-refractivity contribution in [3.63, 3.8) is 0 Å².